The number of fused-ring (bicyclic) bond motifs is 3. The van der Waals surface area contributed by atoms with Crippen LogP contribution in [0.5, 0.6) is 0 Å². The Morgan fingerprint density at radius 3 is 2.60 bits per heavy atom. The van der Waals surface area contributed by atoms with Crippen LogP contribution in [0.2, 0.25) is 0 Å². The molecule has 0 radical (unpaired) electrons. The third kappa shape index (κ3) is 2.53. The molecule has 2 saturated heterocycles. The zero-order valence-corrected chi connectivity index (χ0v) is 15.0. The SMILES string of the molecule is O=C(c1cccs1)N1C[C@H]2[C@@H](C1)c1ccccc1[C@@H]2N1CCOCC1. The molecule has 0 spiro atoms. The predicted octanol–water partition coefficient (Wildman–Crippen LogP) is 2.99. The molecular weight excluding hydrogens is 332 g/mol. The maximum absolute atomic E-state index is 12.8. The van der Waals surface area contributed by atoms with Crippen LogP contribution in [-0.2, 0) is 4.74 Å². The number of nitrogens with zero attached hydrogens (tertiary/aromatic N) is 2. The monoisotopic (exact) mass is 354 g/mol. The van der Waals surface area contributed by atoms with Crippen molar-refractivity contribution in [2.75, 3.05) is 39.4 Å². The smallest absolute Gasteiger partial charge is 0.263 e. The normalized spacial score (nSPS) is 28.8. The molecule has 1 aliphatic carbocycles. The fourth-order valence-electron chi connectivity index (χ4n) is 4.87. The van der Waals surface area contributed by atoms with Gasteiger partial charge < -0.3 is 9.64 Å². The van der Waals surface area contributed by atoms with Crippen LogP contribution in [0.1, 0.15) is 32.8 Å². The summed E-state index contributed by atoms with van der Waals surface area (Å²) in [6, 6.07) is 13.2. The fourth-order valence-corrected chi connectivity index (χ4v) is 5.56. The van der Waals surface area contributed by atoms with E-state index in [-0.39, 0.29) is 5.91 Å². The highest BCUT2D eigenvalue weighted by atomic mass is 32.1. The number of rotatable bonds is 2. The van der Waals surface area contributed by atoms with E-state index in [2.05, 4.69) is 34.1 Å². The molecule has 1 amide bonds. The minimum Gasteiger partial charge on any atom is -0.379 e. The number of thiophene rings is 1. The molecule has 5 rings (SSSR count). The van der Waals surface area contributed by atoms with Crippen molar-refractivity contribution in [1.29, 1.82) is 0 Å². The van der Waals surface area contributed by atoms with Crippen molar-refractivity contribution in [2.45, 2.75) is 12.0 Å². The Balaban J connectivity index is 1.46. The van der Waals surface area contributed by atoms with Crippen molar-refractivity contribution in [3.8, 4) is 0 Å². The number of likely N-dealkylation sites (tertiary alicyclic amines) is 1. The molecule has 2 fully saturated rings. The Morgan fingerprint density at radius 2 is 1.84 bits per heavy atom. The number of carbonyl (C=O) groups excluding carboxylic acids is 1. The number of morpholine rings is 1. The Labute approximate surface area is 152 Å². The summed E-state index contributed by atoms with van der Waals surface area (Å²) in [4.78, 5) is 18.3. The van der Waals surface area contributed by atoms with Gasteiger partial charge in [0, 0.05) is 44.1 Å². The predicted molar refractivity (Wildman–Crippen MR) is 98.0 cm³/mol. The molecule has 130 valence electrons. The summed E-state index contributed by atoms with van der Waals surface area (Å²) in [5, 5.41) is 1.98. The summed E-state index contributed by atoms with van der Waals surface area (Å²) in [6.07, 6.45) is 0. The first kappa shape index (κ1) is 15.6. The number of amides is 1. The molecule has 0 bridgehead atoms. The molecule has 5 heteroatoms. The van der Waals surface area contributed by atoms with E-state index in [1.54, 1.807) is 11.3 Å². The lowest BCUT2D eigenvalue weighted by Gasteiger charge is -2.36. The van der Waals surface area contributed by atoms with Crippen LogP contribution in [0, 0.1) is 5.92 Å². The van der Waals surface area contributed by atoms with Gasteiger partial charge in [-0.05, 0) is 22.6 Å². The molecule has 3 heterocycles. The van der Waals surface area contributed by atoms with E-state index in [0.717, 1.165) is 44.3 Å². The highest BCUT2D eigenvalue weighted by Gasteiger charge is 2.49. The largest absolute Gasteiger partial charge is 0.379 e. The van der Waals surface area contributed by atoms with Gasteiger partial charge in [-0.15, -0.1) is 11.3 Å². The lowest BCUT2D eigenvalue weighted by Crippen LogP contribution is -2.42. The maximum atomic E-state index is 12.8. The minimum absolute atomic E-state index is 0.197. The highest BCUT2D eigenvalue weighted by molar-refractivity contribution is 7.12. The molecule has 0 unspecified atom stereocenters. The summed E-state index contributed by atoms with van der Waals surface area (Å²) in [5.41, 5.74) is 2.92. The number of benzene rings is 1. The average molecular weight is 354 g/mol. The van der Waals surface area contributed by atoms with Crippen molar-refractivity contribution < 1.29 is 9.53 Å². The maximum Gasteiger partial charge on any atom is 0.263 e. The zero-order valence-electron chi connectivity index (χ0n) is 14.1. The number of hydrogen-bond donors (Lipinski definition) is 0. The van der Waals surface area contributed by atoms with Gasteiger partial charge in [-0.25, -0.2) is 0 Å². The van der Waals surface area contributed by atoms with Gasteiger partial charge >= 0.3 is 0 Å². The molecule has 1 aromatic carbocycles. The van der Waals surface area contributed by atoms with Crippen molar-refractivity contribution in [3.63, 3.8) is 0 Å². The van der Waals surface area contributed by atoms with Gasteiger partial charge in [0.15, 0.2) is 0 Å². The molecule has 3 aliphatic rings. The average Bonchev–Trinajstić information content (AvgIpc) is 3.38. The molecule has 25 heavy (non-hydrogen) atoms. The van der Waals surface area contributed by atoms with Gasteiger partial charge in [-0.3, -0.25) is 9.69 Å². The van der Waals surface area contributed by atoms with Gasteiger partial charge in [0.1, 0.15) is 0 Å². The highest BCUT2D eigenvalue weighted by Crippen LogP contribution is 2.52. The summed E-state index contributed by atoms with van der Waals surface area (Å²) in [7, 11) is 0. The first-order chi connectivity index (χ1) is 12.3. The van der Waals surface area contributed by atoms with Crippen LogP contribution >= 0.6 is 11.3 Å². The third-order valence-electron chi connectivity index (χ3n) is 5.94. The fraction of sp³-hybridized carbons (Fsp3) is 0.450. The molecule has 3 atom stereocenters. The first-order valence-corrected chi connectivity index (χ1v) is 9.94. The van der Waals surface area contributed by atoms with Gasteiger partial charge in [-0.1, -0.05) is 30.3 Å². The summed E-state index contributed by atoms with van der Waals surface area (Å²) in [5.74, 6) is 1.16. The zero-order chi connectivity index (χ0) is 16.8. The van der Waals surface area contributed by atoms with E-state index in [9.17, 15) is 4.79 Å². The Morgan fingerprint density at radius 1 is 1.04 bits per heavy atom. The second kappa shape index (κ2) is 6.24. The van der Waals surface area contributed by atoms with Gasteiger partial charge in [0.05, 0.1) is 18.1 Å². The Bertz CT molecular complexity index is 770. The topological polar surface area (TPSA) is 32.8 Å². The molecule has 1 aromatic heterocycles. The molecule has 2 aliphatic heterocycles. The van der Waals surface area contributed by atoms with Crippen LogP contribution in [-0.4, -0.2) is 55.1 Å². The third-order valence-corrected chi connectivity index (χ3v) is 6.80. The Kier molecular flexibility index (Phi) is 3.88. The quantitative estimate of drug-likeness (QED) is 0.831. The lowest BCUT2D eigenvalue weighted by molar-refractivity contribution is 0.00482. The number of hydrogen-bond acceptors (Lipinski definition) is 4. The molecule has 4 nitrogen and oxygen atoms in total. The molecule has 0 saturated carbocycles. The second-order valence-corrected chi connectivity index (χ2v) is 8.13. The van der Waals surface area contributed by atoms with E-state index < -0.39 is 0 Å². The second-order valence-electron chi connectivity index (χ2n) is 7.18. The molecule has 0 N–H and O–H groups in total. The van der Waals surface area contributed by atoms with Crippen molar-refractivity contribution >= 4 is 17.2 Å². The molecule has 2 aromatic rings. The lowest BCUT2D eigenvalue weighted by atomic mass is 9.93. The first-order valence-electron chi connectivity index (χ1n) is 9.06. The van der Waals surface area contributed by atoms with Crippen LogP contribution in [0.15, 0.2) is 41.8 Å². The van der Waals surface area contributed by atoms with E-state index in [1.807, 2.05) is 17.5 Å². The van der Waals surface area contributed by atoms with Gasteiger partial charge in [0.2, 0.25) is 0 Å². The van der Waals surface area contributed by atoms with E-state index >= 15 is 0 Å². The van der Waals surface area contributed by atoms with Crippen molar-refractivity contribution in [2.24, 2.45) is 5.92 Å². The summed E-state index contributed by atoms with van der Waals surface area (Å²) in [6.45, 7) is 5.31. The van der Waals surface area contributed by atoms with E-state index in [1.165, 1.54) is 11.1 Å². The number of carbonyl (C=O) groups is 1. The van der Waals surface area contributed by atoms with E-state index in [0.29, 0.717) is 17.9 Å². The van der Waals surface area contributed by atoms with Crippen LogP contribution < -0.4 is 0 Å². The molecular formula is C20H22N2O2S. The summed E-state index contributed by atoms with van der Waals surface area (Å²) >= 11 is 1.54. The van der Waals surface area contributed by atoms with Crippen molar-refractivity contribution in [1.82, 2.24) is 9.80 Å². The van der Waals surface area contributed by atoms with Crippen LogP contribution in [0.3, 0.4) is 0 Å². The Hall–Kier alpha value is -1.69. The minimum atomic E-state index is 0.197. The van der Waals surface area contributed by atoms with Gasteiger partial charge in [-0.2, -0.15) is 0 Å². The van der Waals surface area contributed by atoms with E-state index in [4.69, 9.17) is 4.74 Å². The summed E-state index contributed by atoms with van der Waals surface area (Å²) < 4.78 is 5.56. The number of ether oxygens (including phenoxy) is 1. The standard InChI is InChI=1S/C20H22N2O2S/c23-20(18-6-3-11-25-18)22-12-16-14-4-1-2-5-15(14)19(17(16)13-22)21-7-9-24-10-8-21/h1-6,11,16-17,19H,7-10,12-13H2/t16-,17-,19-/m0/s1. The van der Waals surface area contributed by atoms with Crippen molar-refractivity contribution in [3.05, 3.63) is 57.8 Å². The van der Waals surface area contributed by atoms with Gasteiger partial charge in [0.25, 0.3) is 5.91 Å². The van der Waals surface area contributed by atoms with Crippen LogP contribution in [0.25, 0.3) is 0 Å². The van der Waals surface area contributed by atoms with Crippen LogP contribution in [0.4, 0.5) is 0 Å².